The Balaban J connectivity index is 1.57. The molecule has 0 saturated heterocycles. The van der Waals surface area contributed by atoms with Crippen molar-refractivity contribution in [1.29, 1.82) is 0 Å². The van der Waals surface area contributed by atoms with Gasteiger partial charge in [0, 0.05) is 17.3 Å². The van der Waals surface area contributed by atoms with E-state index in [1.807, 2.05) is 0 Å². The minimum atomic E-state index is -4.02. The predicted molar refractivity (Wildman–Crippen MR) is 182 cm³/mol. The Bertz CT molecular complexity index is 1550. The van der Waals surface area contributed by atoms with Gasteiger partial charge in [0.1, 0.15) is 16.7 Å². The smallest absolute Gasteiger partial charge is 0.255 e. The molecule has 8 nitrogen and oxygen atoms in total. The molecule has 0 aliphatic carbocycles. The zero-order valence-corrected chi connectivity index (χ0v) is 28.3. The molecule has 3 aromatic rings. The number of nitrogens with one attached hydrogen (secondary N) is 2. The molecule has 2 amide bonds. The second-order valence-electron chi connectivity index (χ2n) is 11.2. The van der Waals surface area contributed by atoms with E-state index in [1.54, 1.807) is 19.1 Å². The van der Waals surface area contributed by atoms with E-state index in [4.69, 9.17) is 27.9 Å². The van der Waals surface area contributed by atoms with Crippen molar-refractivity contribution in [3.05, 3.63) is 76.3 Å². The fourth-order valence-corrected chi connectivity index (χ4v) is 6.72. The maximum Gasteiger partial charge on any atom is 0.255 e. The van der Waals surface area contributed by atoms with Crippen molar-refractivity contribution < 1.29 is 27.9 Å². The highest BCUT2D eigenvalue weighted by Gasteiger charge is 2.32. The second kappa shape index (κ2) is 17.4. The molecule has 0 spiro atoms. The monoisotopic (exact) mass is 676 g/mol. The summed E-state index contributed by atoms with van der Waals surface area (Å²) in [6, 6.07) is 14.6. The minimum Gasteiger partial charge on any atom is -0.506 e. The third-order valence-corrected chi connectivity index (χ3v) is 10.4. The van der Waals surface area contributed by atoms with Gasteiger partial charge in [0.15, 0.2) is 9.84 Å². The van der Waals surface area contributed by atoms with Gasteiger partial charge >= 0.3 is 0 Å². The number of hydrogen-bond acceptors (Lipinski definition) is 6. The van der Waals surface area contributed by atoms with Gasteiger partial charge in [0.25, 0.3) is 5.91 Å². The van der Waals surface area contributed by atoms with Crippen molar-refractivity contribution in [2.24, 2.45) is 5.92 Å². The molecule has 0 bridgehead atoms. The van der Waals surface area contributed by atoms with E-state index in [2.05, 4.69) is 24.5 Å². The topological polar surface area (TPSA) is 122 Å². The molecule has 0 fully saturated rings. The number of hydrogen-bond donors (Lipinski definition) is 3. The first-order chi connectivity index (χ1) is 21.5. The average Bonchev–Trinajstić information content (AvgIpc) is 3.01. The number of phenols is 1. The van der Waals surface area contributed by atoms with E-state index >= 15 is 0 Å². The Morgan fingerprint density at radius 2 is 1.56 bits per heavy atom. The standard InChI is InChI=1S/C34H42Cl2N2O6S/c1-4-6-7-8-9-10-11-23(3)22-44-26-14-16-27(17-15-26)45(42,43)32(5-2)34(41)37-25-13-19-30(31(39)21-25)38-33(40)24-12-18-28(35)29(36)20-24/h12-21,23,32,39H,4-11,22H2,1-3H3,(H,37,41)(H,38,40). The summed E-state index contributed by atoms with van der Waals surface area (Å²) in [4.78, 5) is 25.7. The number of anilines is 2. The molecule has 3 aromatic carbocycles. The van der Waals surface area contributed by atoms with Gasteiger partial charge in [-0.25, -0.2) is 8.42 Å². The van der Waals surface area contributed by atoms with Crippen LogP contribution in [-0.2, 0) is 14.6 Å². The highest BCUT2D eigenvalue weighted by Crippen LogP contribution is 2.30. The second-order valence-corrected chi connectivity index (χ2v) is 14.1. The molecule has 11 heteroatoms. The van der Waals surface area contributed by atoms with Gasteiger partial charge in [0.05, 0.1) is 27.2 Å². The number of unbranched alkanes of at least 4 members (excludes halogenated alkanes) is 5. The number of sulfone groups is 1. The number of ether oxygens (including phenoxy) is 1. The molecule has 3 rings (SSSR count). The lowest BCUT2D eigenvalue weighted by Gasteiger charge is -2.17. The van der Waals surface area contributed by atoms with Crippen LogP contribution in [0.4, 0.5) is 11.4 Å². The largest absolute Gasteiger partial charge is 0.506 e. The molecular weight excluding hydrogens is 635 g/mol. The van der Waals surface area contributed by atoms with E-state index in [-0.39, 0.29) is 39.0 Å². The van der Waals surface area contributed by atoms with Crippen molar-refractivity contribution in [2.45, 2.75) is 82.3 Å². The molecule has 0 radical (unpaired) electrons. The molecular formula is C34H42Cl2N2O6S. The maximum atomic E-state index is 13.4. The molecule has 3 N–H and O–H groups in total. The third kappa shape index (κ3) is 10.7. The van der Waals surface area contributed by atoms with Crippen LogP contribution < -0.4 is 15.4 Å². The van der Waals surface area contributed by atoms with Crippen LogP contribution >= 0.6 is 23.2 Å². The molecule has 0 heterocycles. The number of carbonyl (C=O) groups excluding carboxylic acids is 2. The van der Waals surface area contributed by atoms with Crippen molar-refractivity contribution in [3.63, 3.8) is 0 Å². The highest BCUT2D eigenvalue weighted by molar-refractivity contribution is 7.92. The summed E-state index contributed by atoms with van der Waals surface area (Å²) in [7, 11) is -4.02. The van der Waals surface area contributed by atoms with Crippen LogP contribution in [0.3, 0.4) is 0 Å². The van der Waals surface area contributed by atoms with Crippen LogP contribution in [0.15, 0.2) is 65.6 Å². The van der Waals surface area contributed by atoms with Crippen LogP contribution in [0.1, 0.15) is 82.5 Å². The summed E-state index contributed by atoms with van der Waals surface area (Å²) in [5.74, 6) is -0.637. The van der Waals surface area contributed by atoms with Gasteiger partial charge in [0.2, 0.25) is 5.91 Å². The zero-order chi connectivity index (χ0) is 33.0. The summed E-state index contributed by atoms with van der Waals surface area (Å²) in [6.07, 6.45) is 8.61. The van der Waals surface area contributed by atoms with Gasteiger partial charge < -0.3 is 20.5 Å². The van der Waals surface area contributed by atoms with Gasteiger partial charge in [-0.1, -0.05) is 82.5 Å². The summed E-state index contributed by atoms with van der Waals surface area (Å²) in [6.45, 7) is 6.52. The number of phenolic OH excluding ortho intramolecular Hbond substituents is 1. The molecule has 0 saturated carbocycles. The van der Waals surface area contributed by atoms with Crippen molar-refractivity contribution >= 4 is 56.2 Å². The SMILES string of the molecule is CCCCCCCCC(C)COc1ccc(S(=O)(=O)C(CC)C(=O)Nc2ccc(NC(=O)c3ccc(Cl)c(Cl)c3)c(O)c2)cc1. The number of benzene rings is 3. The summed E-state index contributed by atoms with van der Waals surface area (Å²) in [5, 5.41) is 14.7. The van der Waals surface area contributed by atoms with Gasteiger partial charge in [-0.3, -0.25) is 9.59 Å². The Kier molecular flexibility index (Phi) is 14.0. The first-order valence-corrected chi connectivity index (χ1v) is 17.6. The summed E-state index contributed by atoms with van der Waals surface area (Å²) >= 11 is 11.9. The minimum absolute atomic E-state index is 0.0141. The first kappa shape index (κ1) is 36.2. The Hall–Kier alpha value is -3.27. The average molecular weight is 678 g/mol. The van der Waals surface area contributed by atoms with Crippen LogP contribution in [0.5, 0.6) is 11.5 Å². The van der Waals surface area contributed by atoms with Gasteiger partial charge in [-0.15, -0.1) is 0 Å². The predicted octanol–water partition coefficient (Wildman–Crippen LogP) is 8.91. The lowest BCUT2D eigenvalue weighted by Crippen LogP contribution is -2.34. The molecule has 0 aliphatic heterocycles. The molecule has 244 valence electrons. The number of halogens is 2. The van der Waals surface area contributed by atoms with E-state index in [0.29, 0.717) is 23.3 Å². The van der Waals surface area contributed by atoms with E-state index in [0.717, 1.165) is 6.42 Å². The van der Waals surface area contributed by atoms with Crippen LogP contribution in [-0.4, -0.2) is 37.2 Å². The quantitative estimate of drug-likeness (QED) is 0.0969. The Morgan fingerprint density at radius 3 is 2.20 bits per heavy atom. The van der Waals surface area contributed by atoms with Crippen LogP contribution in [0.2, 0.25) is 10.0 Å². The van der Waals surface area contributed by atoms with Gasteiger partial charge in [-0.2, -0.15) is 0 Å². The number of carbonyl (C=O) groups is 2. The van der Waals surface area contributed by atoms with Crippen molar-refractivity contribution in [1.82, 2.24) is 0 Å². The van der Waals surface area contributed by atoms with E-state index < -0.39 is 26.9 Å². The molecule has 0 aliphatic rings. The van der Waals surface area contributed by atoms with Crippen LogP contribution in [0, 0.1) is 5.92 Å². The van der Waals surface area contributed by atoms with Crippen LogP contribution in [0.25, 0.3) is 0 Å². The summed E-state index contributed by atoms with van der Waals surface area (Å²) in [5.41, 5.74) is 0.482. The first-order valence-electron chi connectivity index (χ1n) is 15.3. The molecule has 2 unspecified atom stereocenters. The van der Waals surface area contributed by atoms with Gasteiger partial charge in [-0.05, 0) is 73.4 Å². The zero-order valence-electron chi connectivity index (χ0n) is 25.9. The lowest BCUT2D eigenvalue weighted by atomic mass is 10.0. The van der Waals surface area contributed by atoms with Crippen molar-refractivity contribution in [3.8, 4) is 11.5 Å². The molecule has 2 atom stereocenters. The number of rotatable bonds is 17. The fourth-order valence-electron chi connectivity index (χ4n) is 4.80. The Labute approximate surface area is 276 Å². The van der Waals surface area contributed by atoms with Crippen molar-refractivity contribution in [2.75, 3.05) is 17.2 Å². The maximum absolute atomic E-state index is 13.4. The molecule has 0 aromatic heterocycles. The fraction of sp³-hybridized carbons (Fsp3) is 0.412. The third-order valence-electron chi connectivity index (χ3n) is 7.47. The Morgan fingerprint density at radius 1 is 0.867 bits per heavy atom. The molecule has 45 heavy (non-hydrogen) atoms. The lowest BCUT2D eigenvalue weighted by molar-refractivity contribution is -0.115. The van der Waals surface area contributed by atoms with E-state index in [9.17, 15) is 23.1 Å². The van der Waals surface area contributed by atoms with E-state index in [1.165, 1.54) is 87.1 Å². The highest BCUT2D eigenvalue weighted by atomic mass is 35.5. The number of amides is 2. The number of aromatic hydroxyl groups is 1. The summed E-state index contributed by atoms with van der Waals surface area (Å²) < 4.78 is 32.7. The normalized spacial score (nSPS) is 12.7.